The average molecular weight is 341 g/mol. The molecular weight excluding hydrogens is 318 g/mol. The molecule has 1 aliphatic rings. The van der Waals surface area contributed by atoms with Gasteiger partial charge in [-0.1, -0.05) is 54.9 Å². The molecule has 0 saturated heterocycles. The molecule has 1 aliphatic carbocycles. The van der Waals surface area contributed by atoms with Gasteiger partial charge in [0.1, 0.15) is 5.25 Å². The van der Waals surface area contributed by atoms with Crippen LogP contribution < -0.4 is 5.32 Å². The lowest BCUT2D eigenvalue weighted by molar-refractivity contribution is -0.121. The predicted octanol–water partition coefficient (Wildman–Crippen LogP) is 3.99. The van der Waals surface area contributed by atoms with Crippen molar-refractivity contribution in [3.05, 3.63) is 53.3 Å². The van der Waals surface area contributed by atoms with Crippen LogP contribution in [-0.2, 0) is 4.79 Å². The first-order valence-electron chi connectivity index (χ1n) is 8.46. The summed E-state index contributed by atoms with van der Waals surface area (Å²) >= 11 is 1.43. The molecule has 1 fully saturated rings. The quantitative estimate of drug-likeness (QED) is 0.660. The van der Waals surface area contributed by atoms with Crippen molar-refractivity contribution in [3.63, 3.8) is 0 Å². The Labute approximate surface area is 147 Å². The van der Waals surface area contributed by atoms with E-state index in [2.05, 4.69) is 15.3 Å². The number of carbonyl (C=O) groups is 1. The Kier molecular flexibility index (Phi) is 5.51. The van der Waals surface area contributed by atoms with Crippen LogP contribution in [0.5, 0.6) is 0 Å². The summed E-state index contributed by atoms with van der Waals surface area (Å²) < 4.78 is 0. The van der Waals surface area contributed by atoms with Gasteiger partial charge in [0.05, 0.1) is 0 Å². The zero-order valence-electron chi connectivity index (χ0n) is 14.2. The Morgan fingerprint density at radius 1 is 1.12 bits per heavy atom. The summed E-state index contributed by atoms with van der Waals surface area (Å²) in [6, 6.07) is 12.1. The molecule has 3 rings (SSSR count). The summed E-state index contributed by atoms with van der Waals surface area (Å²) in [4.78, 5) is 21.9. The molecule has 2 aromatic rings. The normalized spacial score (nSPS) is 16.1. The fraction of sp³-hybridized carbons (Fsp3) is 0.421. The fourth-order valence-electron chi connectivity index (χ4n) is 3.10. The summed E-state index contributed by atoms with van der Waals surface area (Å²) in [6.45, 7) is 3.91. The molecule has 24 heavy (non-hydrogen) atoms. The van der Waals surface area contributed by atoms with E-state index >= 15 is 0 Å². The molecule has 4 nitrogen and oxygen atoms in total. The number of hydrogen-bond donors (Lipinski definition) is 1. The summed E-state index contributed by atoms with van der Waals surface area (Å²) in [7, 11) is 0. The van der Waals surface area contributed by atoms with Gasteiger partial charge in [0, 0.05) is 17.4 Å². The van der Waals surface area contributed by atoms with Gasteiger partial charge in [-0.15, -0.1) is 0 Å². The van der Waals surface area contributed by atoms with E-state index in [1.54, 1.807) is 0 Å². The lowest BCUT2D eigenvalue weighted by atomic mass is 10.1. The summed E-state index contributed by atoms with van der Waals surface area (Å²) in [5.74, 6) is 0.0564. The Morgan fingerprint density at radius 3 is 2.38 bits per heavy atom. The Balaban J connectivity index is 1.82. The van der Waals surface area contributed by atoms with Gasteiger partial charge in [-0.25, -0.2) is 9.97 Å². The maximum atomic E-state index is 12.9. The topological polar surface area (TPSA) is 54.9 Å². The van der Waals surface area contributed by atoms with Crippen molar-refractivity contribution >= 4 is 17.7 Å². The second-order valence-electron chi connectivity index (χ2n) is 6.33. The Hall–Kier alpha value is -1.88. The summed E-state index contributed by atoms with van der Waals surface area (Å²) in [5.41, 5.74) is 2.83. The molecule has 1 unspecified atom stereocenters. The third kappa shape index (κ3) is 4.35. The summed E-state index contributed by atoms with van der Waals surface area (Å²) in [5, 5.41) is 3.54. The van der Waals surface area contributed by atoms with Crippen molar-refractivity contribution in [1.29, 1.82) is 0 Å². The van der Waals surface area contributed by atoms with Gasteiger partial charge in [-0.05, 0) is 38.3 Å². The van der Waals surface area contributed by atoms with E-state index in [-0.39, 0.29) is 11.2 Å². The predicted molar refractivity (Wildman–Crippen MR) is 96.9 cm³/mol. The van der Waals surface area contributed by atoms with Gasteiger partial charge >= 0.3 is 0 Å². The fourth-order valence-corrected chi connectivity index (χ4v) is 4.17. The van der Waals surface area contributed by atoms with Crippen molar-refractivity contribution in [1.82, 2.24) is 15.3 Å². The molecule has 1 atom stereocenters. The smallest absolute Gasteiger partial charge is 0.238 e. The number of nitrogens with zero attached hydrogens (tertiary/aromatic N) is 2. The summed E-state index contributed by atoms with van der Waals surface area (Å²) in [6.07, 6.45) is 4.57. The number of aryl methyl sites for hydroxylation is 2. The number of aromatic nitrogens is 2. The van der Waals surface area contributed by atoms with Gasteiger partial charge in [0.25, 0.3) is 0 Å². The SMILES string of the molecule is Cc1cc(C)nc(SC(C(=O)NC2CCCC2)c2ccccc2)n1. The van der Waals surface area contributed by atoms with Crippen LogP contribution in [0.4, 0.5) is 0 Å². The van der Waals surface area contributed by atoms with Crippen molar-refractivity contribution in [3.8, 4) is 0 Å². The highest BCUT2D eigenvalue weighted by atomic mass is 32.2. The van der Waals surface area contributed by atoms with Crippen LogP contribution in [0, 0.1) is 13.8 Å². The lowest BCUT2D eigenvalue weighted by Crippen LogP contribution is -2.35. The van der Waals surface area contributed by atoms with E-state index in [4.69, 9.17) is 0 Å². The molecule has 1 heterocycles. The molecule has 1 saturated carbocycles. The van der Waals surface area contributed by atoms with Crippen LogP contribution in [0.1, 0.15) is 47.9 Å². The van der Waals surface area contributed by atoms with Gasteiger partial charge in [-0.3, -0.25) is 4.79 Å². The van der Waals surface area contributed by atoms with E-state index in [1.807, 2.05) is 50.2 Å². The van der Waals surface area contributed by atoms with E-state index in [9.17, 15) is 4.79 Å². The van der Waals surface area contributed by atoms with Gasteiger partial charge < -0.3 is 5.32 Å². The molecule has 1 amide bonds. The van der Waals surface area contributed by atoms with E-state index in [0.717, 1.165) is 29.8 Å². The van der Waals surface area contributed by atoms with Crippen LogP contribution in [0.3, 0.4) is 0 Å². The van der Waals surface area contributed by atoms with Crippen LogP contribution in [0.15, 0.2) is 41.6 Å². The largest absolute Gasteiger partial charge is 0.352 e. The van der Waals surface area contributed by atoms with Crippen LogP contribution in [-0.4, -0.2) is 21.9 Å². The first kappa shape index (κ1) is 17.0. The maximum absolute atomic E-state index is 12.9. The van der Waals surface area contributed by atoms with Crippen LogP contribution >= 0.6 is 11.8 Å². The minimum atomic E-state index is -0.326. The second kappa shape index (κ2) is 7.79. The minimum Gasteiger partial charge on any atom is -0.352 e. The number of carbonyl (C=O) groups excluding carboxylic acids is 1. The molecule has 0 radical (unpaired) electrons. The molecule has 5 heteroatoms. The number of hydrogen-bond acceptors (Lipinski definition) is 4. The van der Waals surface area contributed by atoms with Gasteiger partial charge in [-0.2, -0.15) is 0 Å². The third-order valence-corrected chi connectivity index (χ3v) is 5.34. The number of rotatable bonds is 5. The van der Waals surface area contributed by atoms with Crippen molar-refractivity contribution < 1.29 is 4.79 Å². The van der Waals surface area contributed by atoms with Crippen molar-refractivity contribution in [2.75, 3.05) is 0 Å². The Bertz CT molecular complexity index is 679. The number of thioether (sulfide) groups is 1. The van der Waals surface area contributed by atoms with Crippen molar-refractivity contribution in [2.45, 2.75) is 56.0 Å². The van der Waals surface area contributed by atoms with Gasteiger partial charge in [0.2, 0.25) is 5.91 Å². The van der Waals surface area contributed by atoms with Crippen LogP contribution in [0.2, 0.25) is 0 Å². The van der Waals surface area contributed by atoms with Crippen LogP contribution in [0.25, 0.3) is 0 Å². The molecule has 0 bridgehead atoms. The Morgan fingerprint density at radius 2 is 1.75 bits per heavy atom. The molecule has 0 spiro atoms. The van der Waals surface area contributed by atoms with Gasteiger partial charge in [0.15, 0.2) is 5.16 Å². The van der Waals surface area contributed by atoms with E-state index < -0.39 is 0 Å². The molecule has 0 aliphatic heterocycles. The monoisotopic (exact) mass is 341 g/mol. The maximum Gasteiger partial charge on any atom is 0.238 e. The number of nitrogens with one attached hydrogen (secondary N) is 1. The highest BCUT2D eigenvalue weighted by Gasteiger charge is 2.26. The second-order valence-corrected chi connectivity index (χ2v) is 7.40. The standard InChI is InChI=1S/C19H23N3OS/c1-13-12-14(2)21-19(20-13)24-17(15-8-4-3-5-9-15)18(23)22-16-10-6-7-11-16/h3-5,8-9,12,16-17H,6-7,10-11H2,1-2H3,(H,22,23). The zero-order chi connectivity index (χ0) is 16.9. The molecule has 1 aromatic carbocycles. The lowest BCUT2D eigenvalue weighted by Gasteiger charge is -2.19. The first-order chi connectivity index (χ1) is 11.6. The third-order valence-electron chi connectivity index (χ3n) is 4.23. The highest BCUT2D eigenvalue weighted by molar-refractivity contribution is 8.00. The number of benzene rings is 1. The molecule has 126 valence electrons. The van der Waals surface area contributed by atoms with E-state index in [0.29, 0.717) is 11.2 Å². The zero-order valence-corrected chi connectivity index (χ0v) is 15.0. The average Bonchev–Trinajstić information content (AvgIpc) is 3.05. The first-order valence-corrected chi connectivity index (χ1v) is 9.34. The minimum absolute atomic E-state index is 0.0564. The van der Waals surface area contributed by atoms with E-state index in [1.165, 1.54) is 24.6 Å². The molecule has 1 aromatic heterocycles. The highest BCUT2D eigenvalue weighted by Crippen LogP contribution is 2.34. The molecule has 1 N–H and O–H groups in total. The van der Waals surface area contributed by atoms with Crippen molar-refractivity contribution in [2.24, 2.45) is 0 Å². The number of amides is 1. The molecular formula is C19H23N3OS.